The van der Waals surface area contributed by atoms with Gasteiger partial charge in [-0.05, 0) is 47.5 Å². The third-order valence-corrected chi connectivity index (χ3v) is 4.53. The Bertz CT molecular complexity index is 1070. The highest BCUT2D eigenvalue weighted by Gasteiger charge is 2.08. The van der Waals surface area contributed by atoms with Crippen LogP contribution in [0, 0.1) is 0 Å². The van der Waals surface area contributed by atoms with Crippen LogP contribution in [0.5, 0.6) is 5.75 Å². The molecule has 152 valence electrons. The van der Waals surface area contributed by atoms with Crippen LogP contribution in [0.1, 0.15) is 21.5 Å². The van der Waals surface area contributed by atoms with Crippen molar-refractivity contribution in [2.45, 2.75) is 6.61 Å². The maximum absolute atomic E-state index is 12.3. The van der Waals surface area contributed by atoms with Gasteiger partial charge in [-0.1, -0.05) is 65.7 Å². The molecule has 0 radical (unpaired) electrons. The lowest BCUT2D eigenvalue weighted by Crippen LogP contribution is -2.40. The lowest BCUT2D eigenvalue weighted by Gasteiger charge is -2.10. The van der Waals surface area contributed by atoms with Crippen LogP contribution in [0.3, 0.4) is 0 Å². The Morgan fingerprint density at radius 2 is 1.70 bits per heavy atom. The van der Waals surface area contributed by atoms with E-state index in [1.165, 1.54) is 6.08 Å². The van der Waals surface area contributed by atoms with E-state index in [1.54, 1.807) is 42.5 Å². The van der Waals surface area contributed by atoms with Crippen LogP contribution in [0.4, 0.5) is 0 Å². The molecule has 2 N–H and O–H groups in total. The van der Waals surface area contributed by atoms with Gasteiger partial charge in [0.1, 0.15) is 12.4 Å². The van der Waals surface area contributed by atoms with Crippen molar-refractivity contribution < 1.29 is 14.3 Å². The zero-order valence-corrected chi connectivity index (χ0v) is 17.3. The van der Waals surface area contributed by atoms with Gasteiger partial charge in [0, 0.05) is 16.7 Å². The number of halogens is 2. The number of nitrogens with one attached hydrogen (secondary N) is 2. The molecule has 0 fully saturated rings. The molecular weight excluding hydrogens is 423 g/mol. The molecule has 3 aromatic rings. The summed E-state index contributed by atoms with van der Waals surface area (Å²) in [6.07, 6.45) is 3.00. The summed E-state index contributed by atoms with van der Waals surface area (Å²) in [5.74, 6) is -0.389. The number of carbonyl (C=O) groups excluding carboxylic acids is 2. The van der Waals surface area contributed by atoms with Crippen molar-refractivity contribution in [3.63, 3.8) is 0 Å². The van der Waals surface area contributed by atoms with Gasteiger partial charge in [0.25, 0.3) is 11.8 Å². The van der Waals surface area contributed by atoms with Gasteiger partial charge >= 0.3 is 0 Å². The number of hydrogen-bond acceptors (Lipinski definition) is 3. The molecule has 7 heteroatoms. The molecule has 0 bridgehead atoms. The number of benzene rings is 3. The number of amides is 2. The maximum atomic E-state index is 12.3. The number of rotatable bonds is 6. The van der Waals surface area contributed by atoms with E-state index in [2.05, 4.69) is 10.9 Å². The summed E-state index contributed by atoms with van der Waals surface area (Å²) in [7, 11) is 0. The summed E-state index contributed by atoms with van der Waals surface area (Å²) in [6, 6.07) is 21.2. The Balaban J connectivity index is 1.53. The lowest BCUT2D eigenvalue weighted by atomic mass is 10.1. The molecule has 2 amide bonds. The molecule has 3 aromatic carbocycles. The van der Waals surface area contributed by atoms with Crippen LogP contribution >= 0.6 is 23.2 Å². The highest BCUT2D eigenvalue weighted by atomic mass is 35.5. The van der Waals surface area contributed by atoms with E-state index in [-0.39, 0.29) is 6.61 Å². The van der Waals surface area contributed by atoms with Crippen molar-refractivity contribution in [2.75, 3.05) is 0 Å². The molecule has 30 heavy (non-hydrogen) atoms. The first kappa shape index (κ1) is 21.4. The Morgan fingerprint density at radius 3 is 2.47 bits per heavy atom. The second-order valence-electron chi connectivity index (χ2n) is 6.25. The SMILES string of the molecule is O=C(/C=C/c1ccccc1)NNC(=O)c1cccc(COc2ccc(Cl)cc2Cl)c1. The molecule has 3 rings (SSSR count). The fraction of sp³-hybridized carbons (Fsp3) is 0.0435. The summed E-state index contributed by atoms with van der Waals surface area (Å²) in [6.45, 7) is 0.217. The second-order valence-corrected chi connectivity index (χ2v) is 7.09. The van der Waals surface area contributed by atoms with Crippen LogP contribution in [0.15, 0.2) is 78.9 Å². The summed E-state index contributed by atoms with van der Waals surface area (Å²) in [5, 5.41) is 0.925. The first-order chi connectivity index (χ1) is 14.5. The minimum Gasteiger partial charge on any atom is -0.487 e. The largest absolute Gasteiger partial charge is 0.487 e. The van der Waals surface area contributed by atoms with Crippen molar-refractivity contribution in [1.29, 1.82) is 0 Å². The number of hydrogen-bond donors (Lipinski definition) is 2. The van der Waals surface area contributed by atoms with Gasteiger partial charge in [0.05, 0.1) is 5.02 Å². The molecule has 0 aromatic heterocycles. The van der Waals surface area contributed by atoms with E-state index in [0.29, 0.717) is 21.4 Å². The number of hydrazine groups is 1. The van der Waals surface area contributed by atoms with Crippen LogP contribution < -0.4 is 15.6 Å². The molecule has 0 atom stereocenters. The molecule has 0 heterocycles. The Kier molecular flexibility index (Phi) is 7.49. The molecule has 0 aliphatic heterocycles. The average molecular weight is 441 g/mol. The molecule has 0 aliphatic carbocycles. The molecule has 0 saturated carbocycles. The van der Waals surface area contributed by atoms with E-state index >= 15 is 0 Å². The average Bonchev–Trinajstić information content (AvgIpc) is 2.76. The Hall–Kier alpha value is -3.28. The van der Waals surface area contributed by atoms with E-state index < -0.39 is 11.8 Å². The van der Waals surface area contributed by atoms with Crippen molar-refractivity contribution in [2.24, 2.45) is 0 Å². The fourth-order valence-corrected chi connectivity index (χ4v) is 2.99. The van der Waals surface area contributed by atoms with Crippen molar-refractivity contribution in [3.05, 3.63) is 106 Å². The van der Waals surface area contributed by atoms with E-state index in [9.17, 15) is 9.59 Å². The molecule has 0 unspecified atom stereocenters. The monoisotopic (exact) mass is 440 g/mol. The smallest absolute Gasteiger partial charge is 0.269 e. The first-order valence-corrected chi connectivity index (χ1v) is 9.77. The second kappa shape index (κ2) is 10.5. The maximum Gasteiger partial charge on any atom is 0.269 e. The van der Waals surface area contributed by atoms with Gasteiger partial charge in [-0.15, -0.1) is 0 Å². The van der Waals surface area contributed by atoms with Gasteiger partial charge < -0.3 is 4.74 Å². The fourth-order valence-electron chi connectivity index (χ4n) is 2.52. The predicted octanol–water partition coefficient (Wildman–Crippen LogP) is 5.05. The van der Waals surface area contributed by atoms with Crippen molar-refractivity contribution in [3.8, 4) is 5.75 Å². The molecule has 0 aliphatic rings. The van der Waals surface area contributed by atoms with Crippen LogP contribution in [0.25, 0.3) is 6.08 Å². The predicted molar refractivity (Wildman–Crippen MR) is 118 cm³/mol. The molecule has 5 nitrogen and oxygen atoms in total. The van der Waals surface area contributed by atoms with Gasteiger partial charge in [0.15, 0.2) is 0 Å². The lowest BCUT2D eigenvalue weighted by molar-refractivity contribution is -0.117. The van der Waals surface area contributed by atoms with E-state index in [1.807, 2.05) is 36.4 Å². The van der Waals surface area contributed by atoms with Gasteiger partial charge in [0.2, 0.25) is 0 Å². The Labute approximate surface area is 184 Å². The standard InChI is InChI=1S/C23H18Cl2N2O3/c24-19-10-11-21(20(25)14-19)30-15-17-7-4-8-18(13-17)23(29)27-26-22(28)12-9-16-5-2-1-3-6-16/h1-14H,15H2,(H,26,28)(H,27,29)/b12-9+. The van der Waals surface area contributed by atoms with Gasteiger partial charge in [-0.2, -0.15) is 0 Å². The third-order valence-electron chi connectivity index (χ3n) is 4.00. The highest BCUT2D eigenvalue weighted by molar-refractivity contribution is 6.35. The summed E-state index contributed by atoms with van der Waals surface area (Å²) < 4.78 is 5.68. The third kappa shape index (κ3) is 6.37. The topological polar surface area (TPSA) is 67.4 Å². The Morgan fingerprint density at radius 1 is 0.900 bits per heavy atom. The summed E-state index contributed by atoms with van der Waals surface area (Å²) in [5.41, 5.74) is 6.77. The molecular formula is C23H18Cl2N2O3. The summed E-state index contributed by atoms with van der Waals surface area (Å²) in [4.78, 5) is 24.2. The quantitative estimate of drug-likeness (QED) is 0.416. The van der Waals surface area contributed by atoms with E-state index in [0.717, 1.165) is 11.1 Å². The van der Waals surface area contributed by atoms with Gasteiger partial charge in [-0.3, -0.25) is 20.4 Å². The van der Waals surface area contributed by atoms with Gasteiger partial charge in [-0.25, -0.2) is 0 Å². The number of ether oxygens (including phenoxy) is 1. The zero-order valence-electron chi connectivity index (χ0n) is 15.8. The minimum absolute atomic E-state index is 0.217. The normalized spacial score (nSPS) is 10.6. The van der Waals surface area contributed by atoms with Crippen molar-refractivity contribution >= 4 is 41.1 Å². The first-order valence-electron chi connectivity index (χ1n) is 9.01. The van der Waals surface area contributed by atoms with Crippen LogP contribution in [-0.4, -0.2) is 11.8 Å². The van der Waals surface area contributed by atoms with Crippen LogP contribution in [0.2, 0.25) is 10.0 Å². The van der Waals surface area contributed by atoms with E-state index in [4.69, 9.17) is 27.9 Å². The minimum atomic E-state index is -0.442. The zero-order chi connectivity index (χ0) is 21.3. The number of carbonyl (C=O) groups is 2. The summed E-state index contributed by atoms with van der Waals surface area (Å²) >= 11 is 12.0. The van der Waals surface area contributed by atoms with Crippen LogP contribution in [-0.2, 0) is 11.4 Å². The van der Waals surface area contributed by atoms with Crippen molar-refractivity contribution in [1.82, 2.24) is 10.9 Å². The highest BCUT2D eigenvalue weighted by Crippen LogP contribution is 2.28. The molecule has 0 spiro atoms. The molecule has 0 saturated heterocycles.